The number of nitrogens with two attached hydrogens (primary N) is 1. The molecule has 1 heterocycles. The van der Waals surface area contributed by atoms with E-state index in [9.17, 15) is 0 Å². The minimum absolute atomic E-state index is 0.115. The Hall–Kier alpha value is -2.41. The Labute approximate surface area is 110 Å². The highest BCUT2D eigenvalue weighted by Gasteiger charge is 2.00. The average molecular weight is 260 g/mol. The van der Waals surface area contributed by atoms with Gasteiger partial charge in [0.15, 0.2) is 5.84 Å². The highest BCUT2D eigenvalue weighted by Crippen LogP contribution is 2.04. The number of hydrogen-bond acceptors (Lipinski definition) is 5. The molecular formula is C12H16N6O. The maximum absolute atomic E-state index is 8.63. The van der Waals surface area contributed by atoms with E-state index in [0.717, 1.165) is 18.7 Å². The van der Waals surface area contributed by atoms with Gasteiger partial charge in [-0.25, -0.2) is 0 Å². The molecule has 0 radical (unpaired) electrons. The molecule has 7 nitrogen and oxygen atoms in total. The second-order valence-electron chi connectivity index (χ2n) is 4.03. The minimum Gasteiger partial charge on any atom is -0.409 e. The van der Waals surface area contributed by atoms with Gasteiger partial charge in [0, 0.05) is 24.8 Å². The van der Waals surface area contributed by atoms with Crippen molar-refractivity contribution in [1.82, 2.24) is 20.3 Å². The summed E-state index contributed by atoms with van der Waals surface area (Å²) in [5.41, 5.74) is 7.32. The molecule has 2 aromatic rings. The Balaban J connectivity index is 1.82. The van der Waals surface area contributed by atoms with Gasteiger partial charge in [-0.1, -0.05) is 28.6 Å². The van der Waals surface area contributed by atoms with Crippen LogP contribution in [0.1, 0.15) is 11.1 Å². The van der Waals surface area contributed by atoms with E-state index >= 15 is 0 Å². The topological polar surface area (TPSA) is 101 Å². The number of aromatic nitrogens is 3. The summed E-state index contributed by atoms with van der Waals surface area (Å²) in [6.45, 7) is 2.26. The van der Waals surface area contributed by atoms with Crippen LogP contribution in [-0.4, -0.2) is 32.6 Å². The number of rotatable bonds is 6. The Morgan fingerprint density at radius 1 is 1.47 bits per heavy atom. The lowest BCUT2D eigenvalue weighted by molar-refractivity contribution is 0.318. The van der Waals surface area contributed by atoms with Gasteiger partial charge >= 0.3 is 0 Å². The van der Waals surface area contributed by atoms with Crippen LogP contribution in [-0.2, 0) is 13.1 Å². The normalized spacial score (nSPS) is 11.7. The van der Waals surface area contributed by atoms with Crippen molar-refractivity contribution < 1.29 is 5.21 Å². The van der Waals surface area contributed by atoms with E-state index < -0.39 is 0 Å². The molecule has 0 aliphatic rings. The lowest BCUT2D eigenvalue weighted by Gasteiger charge is -2.06. The third-order valence-corrected chi connectivity index (χ3v) is 2.65. The van der Waals surface area contributed by atoms with Crippen molar-refractivity contribution in [2.75, 3.05) is 6.54 Å². The summed E-state index contributed by atoms with van der Waals surface area (Å²) >= 11 is 0. The number of hydrogen-bond donors (Lipinski definition) is 3. The van der Waals surface area contributed by atoms with Gasteiger partial charge < -0.3 is 16.3 Å². The quantitative estimate of drug-likeness (QED) is 0.226. The summed E-state index contributed by atoms with van der Waals surface area (Å²) in [7, 11) is 0. The van der Waals surface area contributed by atoms with E-state index in [4.69, 9.17) is 10.9 Å². The van der Waals surface area contributed by atoms with E-state index in [1.54, 1.807) is 16.9 Å². The van der Waals surface area contributed by atoms with E-state index in [1.165, 1.54) is 0 Å². The Morgan fingerprint density at radius 3 is 3.11 bits per heavy atom. The first-order valence-electron chi connectivity index (χ1n) is 5.91. The van der Waals surface area contributed by atoms with E-state index in [2.05, 4.69) is 20.8 Å². The Kier molecular flexibility index (Phi) is 4.46. The standard InChI is InChI=1S/C12H16N6O/c13-12(16-19)11-3-1-2-10(8-11)9-14-4-6-18-7-5-15-17-18/h1-3,5,7-8,14,19H,4,6,9H2,(H2,13,16). The molecule has 0 aliphatic carbocycles. The van der Waals surface area contributed by atoms with Crippen LogP contribution in [0.5, 0.6) is 0 Å². The molecule has 0 unspecified atom stereocenters. The maximum Gasteiger partial charge on any atom is 0.170 e. The summed E-state index contributed by atoms with van der Waals surface area (Å²) in [6, 6.07) is 7.55. The van der Waals surface area contributed by atoms with Gasteiger partial charge in [0.1, 0.15) is 0 Å². The van der Waals surface area contributed by atoms with Crippen molar-refractivity contribution in [3.8, 4) is 0 Å². The van der Waals surface area contributed by atoms with E-state index in [0.29, 0.717) is 12.1 Å². The van der Waals surface area contributed by atoms with E-state index in [-0.39, 0.29) is 5.84 Å². The molecular weight excluding hydrogens is 244 g/mol. The molecule has 0 aliphatic heterocycles. The monoisotopic (exact) mass is 260 g/mol. The first-order chi connectivity index (χ1) is 9.29. The van der Waals surface area contributed by atoms with Crippen LogP contribution in [0.15, 0.2) is 41.8 Å². The molecule has 2 rings (SSSR count). The fourth-order valence-corrected chi connectivity index (χ4v) is 1.68. The molecule has 7 heteroatoms. The second-order valence-corrected chi connectivity index (χ2v) is 4.03. The zero-order valence-electron chi connectivity index (χ0n) is 10.4. The van der Waals surface area contributed by atoms with Crippen molar-refractivity contribution in [3.05, 3.63) is 47.8 Å². The molecule has 0 saturated carbocycles. The van der Waals surface area contributed by atoms with Crippen molar-refractivity contribution in [2.24, 2.45) is 10.9 Å². The highest BCUT2D eigenvalue weighted by molar-refractivity contribution is 5.97. The molecule has 100 valence electrons. The predicted octanol–water partition coefficient (Wildman–Crippen LogP) is 0.162. The zero-order valence-corrected chi connectivity index (χ0v) is 10.4. The van der Waals surface area contributed by atoms with Gasteiger partial charge in [0.2, 0.25) is 0 Å². The molecule has 0 atom stereocenters. The molecule has 0 amide bonds. The Bertz CT molecular complexity index is 537. The highest BCUT2D eigenvalue weighted by atomic mass is 16.4. The molecule has 4 N–H and O–H groups in total. The fraction of sp³-hybridized carbons (Fsp3) is 0.250. The van der Waals surface area contributed by atoms with Crippen molar-refractivity contribution in [1.29, 1.82) is 0 Å². The summed E-state index contributed by atoms with van der Waals surface area (Å²) in [5, 5.41) is 22.5. The third kappa shape index (κ3) is 3.78. The number of benzene rings is 1. The number of nitrogens with one attached hydrogen (secondary N) is 1. The van der Waals surface area contributed by atoms with Gasteiger partial charge in [0.25, 0.3) is 0 Å². The fourth-order valence-electron chi connectivity index (χ4n) is 1.68. The minimum atomic E-state index is 0.115. The third-order valence-electron chi connectivity index (χ3n) is 2.65. The molecule has 0 fully saturated rings. The number of amidine groups is 1. The molecule has 1 aromatic heterocycles. The molecule has 1 aromatic carbocycles. The van der Waals surface area contributed by atoms with Crippen LogP contribution in [0.25, 0.3) is 0 Å². The average Bonchev–Trinajstić information content (AvgIpc) is 2.96. The number of nitrogens with zero attached hydrogens (tertiary/aromatic N) is 4. The lowest BCUT2D eigenvalue weighted by atomic mass is 10.1. The first-order valence-corrected chi connectivity index (χ1v) is 5.91. The second kappa shape index (κ2) is 6.50. The molecule has 0 bridgehead atoms. The largest absolute Gasteiger partial charge is 0.409 e. The van der Waals surface area contributed by atoms with Gasteiger partial charge in [0.05, 0.1) is 12.7 Å². The summed E-state index contributed by atoms with van der Waals surface area (Å²) in [6.07, 6.45) is 3.47. The van der Waals surface area contributed by atoms with Crippen molar-refractivity contribution in [3.63, 3.8) is 0 Å². The van der Waals surface area contributed by atoms with Crippen LogP contribution in [0, 0.1) is 0 Å². The van der Waals surface area contributed by atoms with Gasteiger partial charge in [-0.3, -0.25) is 4.68 Å². The predicted molar refractivity (Wildman–Crippen MR) is 70.7 cm³/mol. The molecule has 19 heavy (non-hydrogen) atoms. The summed E-state index contributed by atoms with van der Waals surface area (Å²) in [4.78, 5) is 0. The van der Waals surface area contributed by atoms with Crippen molar-refractivity contribution in [2.45, 2.75) is 13.1 Å². The molecule has 0 saturated heterocycles. The summed E-state index contributed by atoms with van der Waals surface area (Å²) < 4.78 is 1.76. The molecule has 0 spiro atoms. The maximum atomic E-state index is 8.63. The van der Waals surface area contributed by atoms with Gasteiger partial charge in [-0.05, 0) is 11.6 Å². The van der Waals surface area contributed by atoms with Crippen LogP contribution in [0.3, 0.4) is 0 Å². The van der Waals surface area contributed by atoms with Crippen LogP contribution in [0.4, 0.5) is 0 Å². The van der Waals surface area contributed by atoms with Crippen LogP contribution >= 0.6 is 0 Å². The SMILES string of the molecule is N/C(=N/O)c1cccc(CNCCn2ccnn2)c1. The van der Waals surface area contributed by atoms with Gasteiger partial charge in [-0.15, -0.1) is 5.10 Å². The van der Waals surface area contributed by atoms with Crippen LogP contribution < -0.4 is 11.1 Å². The Morgan fingerprint density at radius 2 is 2.37 bits per heavy atom. The van der Waals surface area contributed by atoms with Crippen LogP contribution in [0.2, 0.25) is 0 Å². The smallest absolute Gasteiger partial charge is 0.170 e. The lowest BCUT2D eigenvalue weighted by Crippen LogP contribution is -2.20. The summed E-state index contributed by atoms with van der Waals surface area (Å²) in [5.74, 6) is 0.115. The van der Waals surface area contributed by atoms with Crippen molar-refractivity contribution >= 4 is 5.84 Å². The van der Waals surface area contributed by atoms with Gasteiger partial charge in [-0.2, -0.15) is 0 Å². The zero-order chi connectivity index (χ0) is 13.5. The number of oxime groups is 1. The first kappa shape index (κ1) is 13.0. The van der Waals surface area contributed by atoms with E-state index in [1.807, 2.05) is 24.4 Å².